The highest BCUT2D eigenvalue weighted by atomic mass is 35.5. The average Bonchev–Trinajstić information content (AvgIpc) is 3.20. The summed E-state index contributed by atoms with van der Waals surface area (Å²) in [6.45, 7) is 1.96. The van der Waals surface area contributed by atoms with Crippen molar-refractivity contribution < 1.29 is 4.42 Å². The zero-order chi connectivity index (χ0) is 15.8. The third-order valence-corrected chi connectivity index (χ3v) is 4.28. The van der Waals surface area contributed by atoms with Gasteiger partial charge in [-0.25, -0.2) is 4.98 Å². The van der Waals surface area contributed by atoms with Crippen LogP contribution in [0.1, 0.15) is 17.0 Å². The summed E-state index contributed by atoms with van der Waals surface area (Å²) in [4.78, 5) is 21.9. The lowest BCUT2D eigenvalue weighted by atomic mass is 10.1. The van der Waals surface area contributed by atoms with Crippen LogP contribution in [0.15, 0.2) is 33.8 Å². The second-order valence-corrected chi connectivity index (χ2v) is 5.88. The molecule has 1 aliphatic heterocycles. The second-order valence-electron chi connectivity index (χ2n) is 5.47. The van der Waals surface area contributed by atoms with E-state index in [9.17, 15) is 4.79 Å². The molecule has 0 bridgehead atoms. The maximum Gasteiger partial charge on any atom is 0.256 e. The number of nitrogens with one attached hydrogen (secondary N) is 2. The van der Waals surface area contributed by atoms with Crippen molar-refractivity contribution in [1.29, 1.82) is 0 Å². The van der Waals surface area contributed by atoms with Crippen molar-refractivity contribution in [2.24, 2.45) is 0 Å². The van der Waals surface area contributed by atoms with Crippen LogP contribution in [0.25, 0.3) is 11.6 Å². The maximum absolute atomic E-state index is 12.4. The number of aromatic nitrogens is 4. The molecule has 3 aromatic rings. The van der Waals surface area contributed by atoms with Gasteiger partial charge in [0.1, 0.15) is 0 Å². The lowest BCUT2D eigenvalue weighted by Gasteiger charge is -2.27. The minimum absolute atomic E-state index is 0.123. The molecule has 0 saturated heterocycles. The van der Waals surface area contributed by atoms with Crippen LogP contribution in [-0.4, -0.2) is 31.6 Å². The highest BCUT2D eigenvalue weighted by Crippen LogP contribution is 2.21. The molecule has 0 saturated carbocycles. The SMILES string of the molecule is O=c1[nH]c(-c2ccco2)nc2c1CN(Cc1[nH]ncc1Cl)CC2. The van der Waals surface area contributed by atoms with E-state index in [1.54, 1.807) is 24.6 Å². The Morgan fingerprint density at radius 1 is 1.43 bits per heavy atom. The van der Waals surface area contributed by atoms with Crippen LogP contribution < -0.4 is 5.56 Å². The quantitative estimate of drug-likeness (QED) is 0.765. The highest BCUT2D eigenvalue weighted by Gasteiger charge is 2.22. The first-order chi connectivity index (χ1) is 11.2. The van der Waals surface area contributed by atoms with Gasteiger partial charge in [-0.3, -0.25) is 14.8 Å². The molecule has 0 fully saturated rings. The summed E-state index contributed by atoms with van der Waals surface area (Å²) < 4.78 is 5.30. The van der Waals surface area contributed by atoms with Crippen LogP contribution in [-0.2, 0) is 19.5 Å². The molecule has 0 atom stereocenters. The molecular weight excluding hydrogens is 318 g/mol. The fourth-order valence-electron chi connectivity index (χ4n) is 2.78. The molecule has 8 heteroatoms. The van der Waals surface area contributed by atoms with E-state index >= 15 is 0 Å². The molecule has 4 heterocycles. The minimum atomic E-state index is -0.123. The molecule has 0 amide bonds. The number of hydrogen-bond acceptors (Lipinski definition) is 5. The van der Waals surface area contributed by atoms with E-state index in [4.69, 9.17) is 16.0 Å². The van der Waals surface area contributed by atoms with Crippen molar-refractivity contribution in [2.45, 2.75) is 19.5 Å². The molecule has 7 nitrogen and oxygen atoms in total. The summed E-state index contributed by atoms with van der Waals surface area (Å²) in [7, 11) is 0. The Labute approximate surface area is 136 Å². The largest absolute Gasteiger partial charge is 0.461 e. The van der Waals surface area contributed by atoms with Crippen molar-refractivity contribution in [3.05, 3.63) is 56.9 Å². The first-order valence-electron chi connectivity index (χ1n) is 7.27. The molecule has 2 N–H and O–H groups in total. The van der Waals surface area contributed by atoms with E-state index in [-0.39, 0.29) is 5.56 Å². The van der Waals surface area contributed by atoms with Crippen LogP contribution in [0.4, 0.5) is 0 Å². The van der Waals surface area contributed by atoms with E-state index in [1.165, 1.54) is 0 Å². The summed E-state index contributed by atoms with van der Waals surface area (Å²) in [5.74, 6) is 1.04. The van der Waals surface area contributed by atoms with E-state index in [0.29, 0.717) is 41.7 Å². The van der Waals surface area contributed by atoms with Gasteiger partial charge in [-0.05, 0) is 12.1 Å². The average molecular weight is 332 g/mol. The predicted octanol–water partition coefficient (Wildman–Crippen LogP) is 1.96. The van der Waals surface area contributed by atoms with Crippen molar-refractivity contribution in [1.82, 2.24) is 25.1 Å². The standard InChI is InChI=1S/C15H14ClN5O2/c16-10-6-17-20-12(10)8-21-4-3-11-9(7-21)15(22)19-14(18-11)13-2-1-5-23-13/h1-2,5-6H,3-4,7-8H2,(H,17,20)(H,18,19,22). The molecule has 118 valence electrons. The van der Waals surface area contributed by atoms with Crippen LogP contribution in [0.3, 0.4) is 0 Å². The molecule has 1 aliphatic rings. The molecule has 3 aromatic heterocycles. The zero-order valence-corrected chi connectivity index (χ0v) is 12.9. The third-order valence-electron chi connectivity index (χ3n) is 3.95. The first-order valence-corrected chi connectivity index (χ1v) is 7.64. The summed E-state index contributed by atoms with van der Waals surface area (Å²) in [6, 6.07) is 3.55. The van der Waals surface area contributed by atoms with Gasteiger partial charge in [0.15, 0.2) is 11.6 Å². The van der Waals surface area contributed by atoms with Gasteiger partial charge in [0, 0.05) is 26.1 Å². The van der Waals surface area contributed by atoms with E-state index < -0.39 is 0 Å². The Bertz CT molecular complexity index is 884. The van der Waals surface area contributed by atoms with E-state index in [1.807, 2.05) is 0 Å². The van der Waals surface area contributed by atoms with Crippen LogP contribution >= 0.6 is 11.6 Å². The summed E-state index contributed by atoms with van der Waals surface area (Å²) in [6.07, 6.45) is 3.85. The molecule has 23 heavy (non-hydrogen) atoms. The summed E-state index contributed by atoms with van der Waals surface area (Å²) >= 11 is 6.06. The normalized spacial score (nSPS) is 14.8. The third kappa shape index (κ3) is 2.69. The number of nitrogens with zero attached hydrogens (tertiary/aromatic N) is 3. The Morgan fingerprint density at radius 2 is 2.35 bits per heavy atom. The van der Waals surface area contributed by atoms with Gasteiger partial charge >= 0.3 is 0 Å². The van der Waals surface area contributed by atoms with Crippen molar-refractivity contribution in [3.63, 3.8) is 0 Å². The van der Waals surface area contributed by atoms with Crippen molar-refractivity contribution >= 4 is 11.6 Å². The molecule has 0 aliphatic carbocycles. The Kier molecular flexibility index (Phi) is 3.51. The Hall–Kier alpha value is -2.38. The fraction of sp³-hybridized carbons (Fsp3) is 0.267. The van der Waals surface area contributed by atoms with Crippen LogP contribution in [0, 0.1) is 0 Å². The van der Waals surface area contributed by atoms with Gasteiger partial charge in [-0.2, -0.15) is 5.10 Å². The lowest BCUT2D eigenvalue weighted by molar-refractivity contribution is 0.239. The number of furan rings is 1. The van der Waals surface area contributed by atoms with Gasteiger partial charge in [-0.1, -0.05) is 11.6 Å². The topological polar surface area (TPSA) is 90.8 Å². The number of rotatable bonds is 3. The number of halogens is 1. The molecule has 0 unspecified atom stereocenters. The molecule has 4 rings (SSSR count). The smallest absolute Gasteiger partial charge is 0.256 e. The van der Waals surface area contributed by atoms with Crippen LogP contribution in [0.5, 0.6) is 0 Å². The number of aromatic amines is 2. The molecular formula is C15H14ClN5O2. The molecule has 0 spiro atoms. The number of fused-ring (bicyclic) bond motifs is 1. The van der Waals surface area contributed by atoms with E-state index in [0.717, 1.165) is 17.9 Å². The number of hydrogen-bond donors (Lipinski definition) is 2. The molecule has 0 aromatic carbocycles. The Morgan fingerprint density at radius 3 is 3.09 bits per heavy atom. The van der Waals surface area contributed by atoms with Gasteiger partial charge in [0.25, 0.3) is 5.56 Å². The van der Waals surface area contributed by atoms with Crippen molar-refractivity contribution in [2.75, 3.05) is 6.54 Å². The number of H-pyrrole nitrogens is 2. The van der Waals surface area contributed by atoms with Crippen LogP contribution in [0.2, 0.25) is 5.02 Å². The van der Waals surface area contributed by atoms with Gasteiger partial charge in [-0.15, -0.1) is 0 Å². The molecule has 0 radical (unpaired) electrons. The van der Waals surface area contributed by atoms with Gasteiger partial charge in [0.2, 0.25) is 0 Å². The maximum atomic E-state index is 12.4. The van der Waals surface area contributed by atoms with E-state index in [2.05, 4.69) is 25.1 Å². The summed E-state index contributed by atoms with van der Waals surface area (Å²) in [5.41, 5.74) is 2.25. The van der Waals surface area contributed by atoms with Gasteiger partial charge in [0.05, 0.1) is 34.4 Å². The first kappa shape index (κ1) is 14.2. The summed E-state index contributed by atoms with van der Waals surface area (Å²) in [5, 5.41) is 7.40. The minimum Gasteiger partial charge on any atom is -0.461 e. The second kappa shape index (κ2) is 5.68. The lowest BCUT2D eigenvalue weighted by Crippen LogP contribution is -2.35. The van der Waals surface area contributed by atoms with Crippen molar-refractivity contribution in [3.8, 4) is 11.6 Å². The fourth-order valence-corrected chi connectivity index (χ4v) is 2.93. The predicted molar refractivity (Wildman–Crippen MR) is 84.0 cm³/mol. The highest BCUT2D eigenvalue weighted by molar-refractivity contribution is 6.31. The van der Waals surface area contributed by atoms with Gasteiger partial charge < -0.3 is 9.40 Å². The Balaban J connectivity index is 1.60. The zero-order valence-electron chi connectivity index (χ0n) is 12.2. The monoisotopic (exact) mass is 331 g/mol.